The summed E-state index contributed by atoms with van der Waals surface area (Å²) in [5.74, 6) is 0.905. The van der Waals surface area contributed by atoms with Crippen LogP contribution in [0.5, 0.6) is 11.5 Å². The van der Waals surface area contributed by atoms with Gasteiger partial charge in [0.25, 0.3) is 0 Å². The minimum atomic E-state index is -1.20. The molecular formula is C19H20FNO2. The molecule has 2 aliphatic rings. The highest BCUT2D eigenvalue weighted by Gasteiger charge is 2.47. The van der Waals surface area contributed by atoms with Crippen molar-refractivity contribution in [1.29, 1.82) is 0 Å². The molecule has 23 heavy (non-hydrogen) atoms. The predicted molar refractivity (Wildman–Crippen MR) is 86.1 cm³/mol. The quantitative estimate of drug-likeness (QED) is 0.874. The lowest BCUT2D eigenvalue weighted by Crippen LogP contribution is -2.44. The fourth-order valence-electron chi connectivity index (χ4n) is 3.89. The smallest absolute Gasteiger partial charge is 0.134 e. The van der Waals surface area contributed by atoms with Gasteiger partial charge in [0, 0.05) is 11.1 Å². The lowest BCUT2D eigenvalue weighted by Gasteiger charge is -2.44. The van der Waals surface area contributed by atoms with Crippen molar-refractivity contribution in [2.75, 3.05) is 20.1 Å². The number of piperidine rings is 1. The molecule has 0 bridgehead atoms. The van der Waals surface area contributed by atoms with Gasteiger partial charge in [-0.1, -0.05) is 18.2 Å². The van der Waals surface area contributed by atoms with Crippen LogP contribution in [0.3, 0.4) is 0 Å². The van der Waals surface area contributed by atoms with E-state index in [1.165, 1.54) is 12.1 Å². The molecular weight excluding hydrogens is 293 g/mol. The summed E-state index contributed by atoms with van der Waals surface area (Å²) in [4.78, 5) is 2.26. The van der Waals surface area contributed by atoms with Crippen LogP contribution in [0.25, 0.3) is 0 Å². The van der Waals surface area contributed by atoms with Crippen LogP contribution in [0.4, 0.5) is 4.39 Å². The Labute approximate surface area is 135 Å². The van der Waals surface area contributed by atoms with Gasteiger partial charge < -0.3 is 14.7 Å². The van der Waals surface area contributed by atoms with Gasteiger partial charge in [-0.15, -0.1) is 0 Å². The van der Waals surface area contributed by atoms with E-state index >= 15 is 0 Å². The van der Waals surface area contributed by atoms with E-state index in [-0.39, 0.29) is 11.7 Å². The summed E-state index contributed by atoms with van der Waals surface area (Å²) in [5, 5.41) is 11.7. The molecule has 0 aliphatic carbocycles. The van der Waals surface area contributed by atoms with Crippen LogP contribution in [0, 0.1) is 11.7 Å². The van der Waals surface area contributed by atoms with Gasteiger partial charge in [0.1, 0.15) is 22.9 Å². The molecule has 2 aliphatic heterocycles. The van der Waals surface area contributed by atoms with Crippen LogP contribution in [0.2, 0.25) is 0 Å². The van der Waals surface area contributed by atoms with E-state index in [2.05, 4.69) is 11.9 Å². The van der Waals surface area contributed by atoms with Crippen LogP contribution in [0.1, 0.15) is 24.0 Å². The number of benzene rings is 2. The van der Waals surface area contributed by atoms with Gasteiger partial charge in [0.2, 0.25) is 0 Å². The van der Waals surface area contributed by atoms with E-state index in [4.69, 9.17) is 4.74 Å². The molecule has 2 aromatic rings. The van der Waals surface area contributed by atoms with Gasteiger partial charge in [-0.2, -0.15) is 0 Å². The highest BCUT2D eigenvalue weighted by Crippen LogP contribution is 2.52. The Morgan fingerprint density at radius 2 is 1.78 bits per heavy atom. The van der Waals surface area contributed by atoms with Crippen molar-refractivity contribution >= 4 is 0 Å². The van der Waals surface area contributed by atoms with Gasteiger partial charge in [0.05, 0.1) is 0 Å². The molecule has 0 aromatic heterocycles. The molecule has 0 spiro atoms. The molecule has 0 amide bonds. The van der Waals surface area contributed by atoms with Crippen molar-refractivity contribution in [2.24, 2.45) is 5.92 Å². The molecule has 0 radical (unpaired) electrons. The monoisotopic (exact) mass is 313 g/mol. The second-order valence-corrected chi connectivity index (χ2v) is 6.58. The van der Waals surface area contributed by atoms with Crippen LogP contribution >= 0.6 is 0 Å². The molecule has 1 unspecified atom stereocenters. The zero-order valence-electron chi connectivity index (χ0n) is 13.1. The van der Waals surface area contributed by atoms with Gasteiger partial charge in [-0.3, -0.25) is 0 Å². The number of ether oxygens (including phenoxy) is 1. The molecule has 2 aromatic carbocycles. The van der Waals surface area contributed by atoms with E-state index in [1.54, 1.807) is 6.07 Å². The van der Waals surface area contributed by atoms with E-state index in [0.29, 0.717) is 17.1 Å². The number of fused-ring (bicyclic) bond motifs is 2. The third kappa shape index (κ3) is 2.25. The first-order valence-corrected chi connectivity index (χ1v) is 8.07. The van der Waals surface area contributed by atoms with Crippen LogP contribution in [0.15, 0.2) is 42.5 Å². The van der Waals surface area contributed by atoms with E-state index in [0.717, 1.165) is 31.5 Å². The molecule has 4 rings (SSSR count). The maximum absolute atomic E-state index is 13.9. The number of para-hydroxylation sites is 1. The van der Waals surface area contributed by atoms with Gasteiger partial charge in [-0.25, -0.2) is 4.39 Å². The molecule has 1 N–H and O–H groups in total. The molecule has 2 heterocycles. The minimum absolute atomic E-state index is 0.0456. The minimum Gasteiger partial charge on any atom is -0.457 e. The summed E-state index contributed by atoms with van der Waals surface area (Å²) >= 11 is 0. The molecule has 1 fully saturated rings. The third-order valence-electron chi connectivity index (χ3n) is 5.18. The van der Waals surface area contributed by atoms with Gasteiger partial charge in [0.15, 0.2) is 0 Å². The normalized spacial score (nSPS) is 24.7. The molecule has 1 atom stereocenters. The highest BCUT2D eigenvalue weighted by atomic mass is 19.1. The SMILES string of the molecule is CN1CCC(C2(O)c3ccccc3Oc3ccc(F)cc32)CC1. The maximum Gasteiger partial charge on any atom is 0.134 e. The Balaban J connectivity index is 1.88. The van der Waals surface area contributed by atoms with Crippen molar-refractivity contribution < 1.29 is 14.2 Å². The van der Waals surface area contributed by atoms with Crippen molar-refractivity contribution in [3.05, 3.63) is 59.4 Å². The fraction of sp³-hybridized carbons (Fsp3) is 0.368. The summed E-state index contributed by atoms with van der Waals surface area (Å²) < 4.78 is 19.8. The number of likely N-dealkylation sites (tertiary alicyclic amines) is 1. The Morgan fingerprint density at radius 1 is 1.09 bits per heavy atom. The Morgan fingerprint density at radius 3 is 2.57 bits per heavy atom. The summed E-state index contributed by atoms with van der Waals surface area (Å²) in [7, 11) is 2.09. The topological polar surface area (TPSA) is 32.7 Å². The molecule has 4 heteroatoms. The standard InChI is InChI=1S/C19H20FNO2/c1-21-10-8-13(9-11-21)19(22)15-4-2-3-5-17(15)23-18-7-6-14(20)12-16(18)19/h2-7,12-13,22H,8-11H2,1H3. The Bertz CT molecular complexity index is 740. The second-order valence-electron chi connectivity index (χ2n) is 6.58. The first-order chi connectivity index (χ1) is 11.1. The van der Waals surface area contributed by atoms with Crippen LogP contribution < -0.4 is 4.74 Å². The third-order valence-corrected chi connectivity index (χ3v) is 5.18. The van der Waals surface area contributed by atoms with E-state index in [9.17, 15) is 9.50 Å². The summed E-state index contributed by atoms with van der Waals surface area (Å²) in [5.41, 5.74) is 0.0893. The average Bonchev–Trinajstić information content (AvgIpc) is 2.56. The van der Waals surface area contributed by atoms with Crippen molar-refractivity contribution in [3.8, 4) is 11.5 Å². The fourth-order valence-corrected chi connectivity index (χ4v) is 3.89. The molecule has 0 saturated carbocycles. The highest BCUT2D eigenvalue weighted by molar-refractivity contribution is 5.56. The lowest BCUT2D eigenvalue weighted by atomic mass is 9.70. The van der Waals surface area contributed by atoms with Crippen molar-refractivity contribution in [3.63, 3.8) is 0 Å². The van der Waals surface area contributed by atoms with Crippen molar-refractivity contribution in [1.82, 2.24) is 4.90 Å². The van der Waals surface area contributed by atoms with Gasteiger partial charge >= 0.3 is 0 Å². The molecule has 3 nitrogen and oxygen atoms in total. The predicted octanol–water partition coefficient (Wildman–Crippen LogP) is 3.51. The summed E-state index contributed by atoms with van der Waals surface area (Å²) in [6.45, 7) is 1.86. The number of rotatable bonds is 1. The second kappa shape index (κ2) is 5.32. The zero-order valence-corrected chi connectivity index (χ0v) is 13.1. The Hall–Kier alpha value is -1.91. The average molecular weight is 313 g/mol. The van der Waals surface area contributed by atoms with Crippen molar-refractivity contribution in [2.45, 2.75) is 18.4 Å². The number of halogens is 1. The number of hydrogen-bond donors (Lipinski definition) is 1. The number of hydrogen-bond acceptors (Lipinski definition) is 3. The van der Waals surface area contributed by atoms with Crippen LogP contribution in [-0.2, 0) is 5.60 Å². The van der Waals surface area contributed by atoms with Crippen LogP contribution in [-0.4, -0.2) is 30.1 Å². The number of nitrogens with zero attached hydrogens (tertiary/aromatic N) is 1. The lowest BCUT2D eigenvalue weighted by molar-refractivity contribution is -0.0180. The Kier molecular flexibility index (Phi) is 3.39. The summed E-state index contributed by atoms with van der Waals surface area (Å²) in [6.07, 6.45) is 1.74. The van der Waals surface area contributed by atoms with Gasteiger partial charge in [-0.05, 0) is 63.2 Å². The molecule has 120 valence electrons. The zero-order chi connectivity index (χ0) is 16.0. The number of aliphatic hydroxyl groups is 1. The van der Waals surface area contributed by atoms with E-state index < -0.39 is 5.60 Å². The summed E-state index contributed by atoms with van der Waals surface area (Å²) in [6, 6.07) is 11.9. The first kappa shape index (κ1) is 14.7. The maximum atomic E-state index is 13.9. The first-order valence-electron chi connectivity index (χ1n) is 8.07. The molecule has 1 saturated heterocycles. The van der Waals surface area contributed by atoms with E-state index in [1.807, 2.05) is 24.3 Å². The largest absolute Gasteiger partial charge is 0.457 e.